The van der Waals surface area contributed by atoms with Crippen LogP contribution in [-0.4, -0.2) is 24.4 Å². The second-order valence-corrected chi connectivity index (χ2v) is 6.07. The average molecular weight is 358 g/mol. The molecule has 0 spiro atoms. The van der Waals surface area contributed by atoms with Crippen LogP contribution in [0.3, 0.4) is 0 Å². The molecule has 1 aliphatic heterocycles. The molecule has 1 aromatic heterocycles. The Morgan fingerprint density at radius 1 is 0.963 bits per heavy atom. The van der Waals surface area contributed by atoms with Crippen molar-refractivity contribution in [2.75, 3.05) is 19.5 Å². The third-order valence-corrected chi connectivity index (χ3v) is 4.71. The van der Waals surface area contributed by atoms with Gasteiger partial charge in [0.15, 0.2) is 0 Å². The zero-order chi connectivity index (χ0) is 18.8. The van der Waals surface area contributed by atoms with Crippen molar-refractivity contribution in [2.24, 2.45) is 0 Å². The summed E-state index contributed by atoms with van der Waals surface area (Å²) in [7, 11) is 3.26. The van der Waals surface area contributed by atoms with Crippen molar-refractivity contribution < 1.29 is 9.47 Å². The van der Waals surface area contributed by atoms with Gasteiger partial charge in [-0.15, -0.1) is 0 Å². The van der Waals surface area contributed by atoms with Crippen LogP contribution in [0.2, 0.25) is 0 Å². The number of allylic oxidation sites excluding steroid dienone is 1. The minimum absolute atomic E-state index is 0.298. The van der Waals surface area contributed by atoms with Gasteiger partial charge >= 0.3 is 0 Å². The van der Waals surface area contributed by atoms with Crippen molar-refractivity contribution in [3.63, 3.8) is 0 Å². The molecule has 2 heterocycles. The van der Waals surface area contributed by atoms with E-state index in [0.717, 1.165) is 28.3 Å². The number of nitrogens with one attached hydrogen (secondary N) is 2. The SMILES string of the molecule is [C-]#[N+]C1=C(c2ccccc2OC)Nc2[nH]ncc2C1c1ccccc1OC. The van der Waals surface area contributed by atoms with Crippen LogP contribution in [0.4, 0.5) is 5.82 Å². The van der Waals surface area contributed by atoms with Gasteiger partial charge in [-0.05, 0) is 17.7 Å². The maximum absolute atomic E-state index is 7.92. The number of rotatable bonds is 4. The smallest absolute Gasteiger partial charge is 0.200 e. The van der Waals surface area contributed by atoms with Gasteiger partial charge in [-0.3, -0.25) is 5.10 Å². The maximum Gasteiger partial charge on any atom is 0.200 e. The Kier molecular flexibility index (Phi) is 4.27. The molecule has 0 fully saturated rings. The molecule has 1 unspecified atom stereocenters. The molecule has 27 heavy (non-hydrogen) atoms. The molecule has 2 N–H and O–H groups in total. The summed E-state index contributed by atoms with van der Waals surface area (Å²) in [5.41, 5.74) is 3.92. The Morgan fingerprint density at radius 2 is 1.67 bits per heavy atom. The van der Waals surface area contributed by atoms with E-state index in [9.17, 15) is 0 Å². The lowest BCUT2D eigenvalue weighted by Crippen LogP contribution is -2.17. The highest BCUT2D eigenvalue weighted by molar-refractivity contribution is 5.87. The van der Waals surface area contributed by atoms with E-state index >= 15 is 0 Å². The monoisotopic (exact) mass is 358 g/mol. The van der Waals surface area contributed by atoms with Crippen molar-refractivity contribution in [3.05, 3.63) is 88.5 Å². The molecule has 3 aromatic rings. The van der Waals surface area contributed by atoms with Crippen LogP contribution in [0, 0.1) is 6.57 Å². The number of para-hydroxylation sites is 2. The molecule has 0 radical (unpaired) electrons. The van der Waals surface area contributed by atoms with Gasteiger partial charge in [-0.1, -0.05) is 36.4 Å². The Hall–Kier alpha value is -3.72. The summed E-state index contributed by atoms with van der Waals surface area (Å²) in [5, 5.41) is 10.5. The number of benzene rings is 2. The molecule has 4 rings (SSSR count). The van der Waals surface area contributed by atoms with Crippen LogP contribution < -0.4 is 14.8 Å². The van der Waals surface area contributed by atoms with Crippen molar-refractivity contribution in [3.8, 4) is 11.5 Å². The Bertz CT molecular complexity index is 1060. The Labute approximate surface area is 157 Å². The Balaban J connectivity index is 1.99. The molecule has 0 bridgehead atoms. The molecule has 0 aliphatic carbocycles. The van der Waals surface area contributed by atoms with Gasteiger partial charge < -0.3 is 14.8 Å². The summed E-state index contributed by atoms with van der Waals surface area (Å²) in [6.07, 6.45) is 1.75. The lowest BCUT2D eigenvalue weighted by Gasteiger charge is -2.28. The molecular weight excluding hydrogens is 340 g/mol. The van der Waals surface area contributed by atoms with Gasteiger partial charge in [-0.25, -0.2) is 4.85 Å². The summed E-state index contributed by atoms with van der Waals surface area (Å²) in [5.74, 6) is 1.90. The van der Waals surface area contributed by atoms with E-state index in [1.165, 1.54) is 0 Å². The number of methoxy groups -OCH3 is 2. The topological polar surface area (TPSA) is 63.5 Å². The van der Waals surface area contributed by atoms with E-state index < -0.39 is 0 Å². The number of anilines is 1. The third kappa shape index (κ3) is 2.70. The number of fused-ring (bicyclic) bond motifs is 1. The molecule has 6 nitrogen and oxygen atoms in total. The van der Waals surface area contributed by atoms with Gasteiger partial charge in [0.2, 0.25) is 5.70 Å². The zero-order valence-electron chi connectivity index (χ0n) is 15.0. The molecule has 0 amide bonds. The van der Waals surface area contributed by atoms with E-state index in [0.29, 0.717) is 17.1 Å². The molecule has 134 valence electrons. The number of ether oxygens (including phenoxy) is 2. The molecule has 0 saturated heterocycles. The first-order valence-electron chi connectivity index (χ1n) is 8.46. The number of hydrogen-bond acceptors (Lipinski definition) is 4. The highest BCUT2D eigenvalue weighted by Gasteiger charge is 2.34. The van der Waals surface area contributed by atoms with Crippen molar-refractivity contribution in [1.29, 1.82) is 0 Å². The zero-order valence-corrected chi connectivity index (χ0v) is 15.0. The normalized spacial score (nSPS) is 15.5. The van der Waals surface area contributed by atoms with Crippen LogP contribution in [0.5, 0.6) is 11.5 Å². The molecule has 6 heteroatoms. The minimum Gasteiger partial charge on any atom is -0.496 e. The molecule has 2 aromatic carbocycles. The minimum atomic E-state index is -0.298. The van der Waals surface area contributed by atoms with Gasteiger partial charge in [0, 0.05) is 11.1 Å². The van der Waals surface area contributed by atoms with Gasteiger partial charge in [0.05, 0.1) is 38.6 Å². The second-order valence-electron chi connectivity index (χ2n) is 6.07. The van der Waals surface area contributed by atoms with E-state index in [4.69, 9.17) is 16.0 Å². The first-order chi connectivity index (χ1) is 13.3. The predicted molar refractivity (Wildman–Crippen MR) is 104 cm³/mol. The van der Waals surface area contributed by atoms with Gasteiger partial charge in [0.1, 0.15) is 17.3 Å². The quantitative estimate of drug-likeness (QED) is 0.684. The number of H-pyrrole nitrogens is 1. The van der Waals surface area contributed by atoms with Crippen molar-refractivity contribution >= 4 is 11.5 Å². The van der Waals surface area contributed by atoms with E-state index in [-0.39, 0.29) is 5.92 Å². The van der Waals surface area contributed by atoms with E-state index in [1.54, 1.807) is 20.4 Å². The molecule has 1 atom stereocenters. The van der Waals surface area contributed by atoms with Gasteiger partial charge in [0.25, 0.3) is 0 Å². The largest absolute Gasteiger partial charge is 0.496 e. The highest BCUT2D eigenvalue weighted by atomic mass is 16.5. The van der Waals surface area contributed by atoms with Crippen LogP contribution in [-0.2, 0) is 0 Å². The summed E-state index contributed by atoms with van der Waals surface area (Å²) in [4.78, 5) is 3.91. The summed E-state index contributed by atoms with van der Waals surface area (Å²) >= 11 is 0. The van der Waals surface area contributed by atoms with Crippen molar-refractivity contribution in [1.82, 2.24) is 10.2 Å². The van der Waals surface area contributed by atoms with Crippen LogP contribution in [0.1, 0.15) is 22.6 Å². The maximum atomic E-state index is 7.92. The first kappa shape index (κ1) is 16.7. The highest BCUT2D eigenvalue weighted by Crippen LogP contribution is 2.47. The number of nitrogens with zero attached hydrogens (tertiary/aromatic N) is 2. The fourth-order valence-corrected chi connectivity index (χ4v) is 3.49. The molecule has 0 saturated carbocycles. The summed E-state index contributed by atoms with van der Waals surface area (Å²) in [6.45, 7) is 7.92. The van der Waals surface area contributed by atoms with Gasteiger partial charge in [-0.2, -0.15) is 5.10 Å². The standard InChI is InChI=1S/C21H18N4O2/c1-22-20-18(13-8-4-6-10-16(13)26-2)15-12-23-25-21(15)24-19(20)14-9-5-7-11-17(14)27-3/h4-12,18H,2-3H3,(H2,23,24,25). The first-order valence-corrected chi connectivity index (χ1v) is 8.46. The van der Waals surface area contributed by atoms with Crippen LogP contribution >= 0.6 is 0 Å². The molecular formula is C21H18N4O2. The van der Waals surface area contributed by atoms with Crippen LogP contribution in [0.15, 0.2) is 60.4 Å². The second kappa shape index (κ2) is 6.89. The fraction of sp³-hybridized carbons (Fsp3) is 0.143. The van der Waals surface area contributed by atoms with E-state index in [1.807, 2.05) is 48.5 Å². The van der Waals surface area contributed by atoms with E-state index in [2.05, 4.69) is 20.4 Å². The number of hydrogen-bond donors (Lipinski definition) is 2. The summed E-state index contributed by atoms with van der Waals surface area (Å²) < 4.78 is 11.1. The average Bonchev–Trinajstić information content (AvgIpc) is 3.20. The number of aromatic nitrogens is 2. The lowest BCUT2D eigenvalue weighted by atomic mass is 9.85. The fourth-order valence-electron chi connectivity index (χ4n) is 3.49. The molecule has 1 aliphatic rings. The van der Waals surface area contributed by atoms with Crippen molar-refractivity contribution in [2.45, 2.75) is 5.92 Å². The summed E-state index contributed by atoms with van der Waals surface area (Å²) in [6, 6.07) is 15.4. The number of aromatic amines is 1. The lowest BCUT2D eigenvalue weighted by molar-refractivity contribution is 0.409. The predicted octanol–water partition coefficient (Wildman–Crippen LogP) is 4.27. The van der Waals surface area contributed by atoms with Crippen LogP contribution in [0.25, 0.3) is 10.5 Å². The Morgan fingerprint density at radius 3 is 2.41 bits per heavy atom. The third-order valence-electron chi connectivity index (χ3n) is 4.71.